The molecule has 0 aliphatic rings. The lowest BCUT2D eigenvalue weighted by Crippen LogP contribution is -1.81. The molecule has 86 valence electrons. The van der Waals surface area contributed by atoms with Crippen molar-refractivity contribution in [3.05, 3.63) is 6.92 Å². The molecule has 0 amide bonds. The minimum Gasteiger partial charge on any atom is -0.343 e. The van der Waals surface area contributed by atoms with Gasteiger partial charge in [0.25, 0.3) is 0 Å². The van der Waals surface area contributed by atoms with E-state index in [0.29, 0.717) is 0 Å². The molecule has 0 nitrogen and oxygen atoms in total. The van der Waals surface area contributed by atoms with Gasteiger partial charge in [-0.3, -0.25) is 0 Å². The van der Waals surface area contributed by atoms with Crippen molar-refractivity contribution in [3.63, 3.8) is 0 Å². The maximum atomic E-state index is 3.86. The number of unbranched alkanes of at least 4 members (excludes halogenated alkanes) is 11. The molecule has 0 aromatic rings. The molecule has 0 saturated heterocycles. The zero-order valence-corrected chi connectivity index (χ0v) is 10.2. The van der Waals surface area contributed by atoms with Crippen LogP contribution in [0.15, 0.2) is 0 Å². The van der Waals surface area contributed by atoms with Crippen molar-refractivity contribution >= 4 is 0 Å². The smallest absolute Gasteiger partial charge is 0.0533 e. The Hall–Kier alpha value is 0. The molecule has 0 aromatic heterocycles. The lowest BCUT2D eigenvalue weighted by molar-refractivity contribution is 0.550. The summed E-state index contributed by atoms with van der Waals surface area (Å²) in [5.74, 6) is 0. The number of hydrogen-bond donors (Lipinski definition) is 0. The largest absolute Gasteiger partial charge is 0.343 e. The third-order valence-corrected chi connectivity index (χ3v) is 2.85. The number of hydrogen-bond acceptors (Lipinski definition) is 0. The molecule has 0 aliphatic heterocycles. The van der Waals surface area contributed by atoms with Gasteiger partial charge in [-0.2, -0.15) is 6.42 Å². The van der Waals surface area contributed by atoms with Crippen molar-refractivity contribution in [3.8, 4) is 0 Å². The first-order valence-corrected chi connectivity index (χ1v) is 6.71. The Morgan fingerprint density at radius 3 is 1.29 bits per heavy atom. The fraction of sp³-hybridized carbons (Fsp3) is 0.929. The van der Waals surface area contributed by atoms with Crippen LogP contribution in [0.1, 0.15) is 84.0 Å². The Morgan fingerprint density at radius 1 is 0.571 bits per heavy atom. The minimum absolute atomic E-state index is 1.12. The molecule has 0 aromatic carbocycles. The summed E-state index contributed by atoms with van der Waals surface area (Å²) in [6, 6.07) is 0. The average molecular weight is 197 g/mol. The third-order valence-electron chi connectivity index (χ3n) is 2.85. The van der Waals surface area contributed by atoms with Crippen molar-refractivity contribution in [2.45, 2.75) is 84.0 Å². The van der Waals surface area contributed by atoms with Gasteiger partial charge >= 0.3 is 0 Å². The van der Waals surface area contributed by atoms with Crippen LogP contribution >= 0.6 is 0 Å². The predicted molar refractivity (Wildman–Crippen MR) is 66.4 cm³/mol. The van der Waals surface area contributed by atoms with Crippen molar-refractivity contribution in [1.82, 2.24) is 0 Å². The van der Waals surface area contributed by atoms with E-state index < -0.39 is 0 Å². The summed E-state index contributed by atoms with van der Waals surface area (Å²) in [6.45, 7) is 6.14. The molecule has 0 radical (unpaired) electrons. The van der Waals surface area contributed by atoms with Gasteiger partial charge in [0.1, 0.15) is 0 Å². The normalized spacial score (nSPS) is 10.7. The van der Waals surface area contributed by atoms with Gasteiger partial charge in [0.15, 0.2) is 0 Å². The molecule has 0 fully saturated rings. The first-order chi connectivity index (χ1) is 6.91. The van der Waals surface area contributed by atoms with E-state index in [-0.39, 0.29) is 0 Å². The summed E-state index contributed by atoms with van der Waals surface area (Å²) in [5, 5.41) is 0. The first-order valence-electron chi connectivity index (χ1n) is 6.71. The van der Waals surface area contributed by atoms with E-state index >= 15 is 0 Å². The summed E-state index contributed by atoms with van der Waals surface area (Å²) < 4.78 is 0. The summed E-state index contributed by atoms with van der Waals surface area (Å²) in [7, 11) is 0. The van der Waals surface area contributed by atoms with Crippen molar-refractivity contribution in [2.75, 3.05) is 0 Å². The molecule has 0 spiro atoms. The summed E-state index contributed by atoms with van der Waals surface area (Å²) in [4.78, 5) is 0. The third kappa shape index (κ3) is 12.0. The summed E-state index contributed by atoms with van der Waals surface area (Å²) in [6.07, 6.45) is 16.9. The molecule has 14 heavy (non-hydrogen) atoms. The molecule has 0 atom stereocenters. The van der Waals surface area contributed by atoms with Gasteiger partial charge in [-0.25, -0.2) is 0 Å². The van der Waals surface area contributed by atoms with Crippen LogP contribution in [0.5, 0.6) is 0 Å². The van der Waals surface area contributed by atoms with Crippen molar-refractivity contribution in [1.29, 1.82) is 0 Å². The zero-order chi connectivity index (χ0) is 10.5. The first kappa shape index (κ1) is 14.0. The molecule has 0 saturated carbocycles. The molecule has 0 N–H and O–H groups in total. The summed E-state index contributed by atoms with van der Waals surface area (Å²) in [5.41, 5.74) is 0. The summed E-state index contributed by atoms with van der Waals surface area (Å²) >= 11 is 0. The van der Waals surface area contributed by atoms with E-state index in [1.165, 1.54) is 70.6 Å². The van der Waals surface area contributed by atoms with Crippen LogP contribution in [-0.2, 0) is 0 Å². The molecule has 0 heteroatoms. The van der Waals surface area contributed by atoms with E-state index in [9.17, 15) is 0 Å². The van der Waals surface area contributed by atoms with Crippen molar-refractivity contribution < 1.29 is 0 Å². The number of rotatable bonds is 11. The Bertz CT molecular complexity index is 74.0. The topological polar surface area (TPSA) is 0 Å². The van der Waals surface area contributed by atoms with Gasteiger partial charge in [0.05, 0.1) is 0 Å². The zero-order valence-electron chi connectivity index (χ0n) is 10.2. The predicted octanol–water partition coefficient (Wildman–Crippen LogP) is 5.52. The Labute approximate surface area is 91.5 Å². The highest BCUT2D eigenvalue weighted by Gasteiger charge is 1.91. The van der Waals surface area contributed by atoms with Gasteiger partial charge in [-0.1, -0.05) is 77.6 Å². The monoisotopic (exact) mass is 197 g/mol. The maximum Gasteiger partial charge on any atom is -0.0533 e. The second-order valence-corrected chi connectivity index (χ2v) is 4.39. The SMILES string of the molecule is [CH2-]CCCCCCCCCCCCC. The van der Waals surface area contributed by atoms with E-state index in [1.54, 1.807) is 0 Å². The highest BCUT2D eigenvalue weighted by Crippen LogP contribution is 2.11. The minimum atomic E-state index is 1.12. The van der Waals surface area contributed by atoms with E-state index in [1.807, 2.05) is 0 Å². The highest BCUT2D eigenvalue weighted by atomic mass is 14.0. The van der Waals surface area contributed by atoms with Gasteiger partial charge in [-0.05, 0) is 0 Å². The van der Waals surface area contributed by atoms with Gasteiger partial charge in [0.2, 0.25) is 0 Å². The molecule has 0 unspecified atom stereocenters. The van der Waals surface area contributed by atoms with Gasteiger partial charge in [0, 0.05) is 0 Å². The van der Waals surface area contributed by atoms with Crippen LogP contribution in [0.2, 0.25) is 0 Å². The highest BCUT2D eigenvalue weighted by molar-refractivity contribution is 4.48. The van der Waals surface area contributed by atoms with Crippen LogP contribution in [0, 0.1) is 6.92 Å². The van der Waals surface area contributed by atoms with Crippen LogP contribution in [0.3, 0.4) is 0 Å². The van der Waals surface area contributed by atoms with E-state index in [2.05, 4.69) is 13.8 Å². The van der Waals surface area contributed by atoms with E-state index in [4.69, 9.17) is 0 Å². The molecular weight excluding hydrogens is 168 g/mol. The second kappa shape index (κ2) is 13.0. The molecule has 0 aliphatic carbocycles. The Kier molecular flexibility index (Phi) is 13.0. The maximum absolute atomic E-state index is 3.86. The molecule has 0 heterocycles. The average Bonchev–Trinajstić information content (AvgIpc) is 2.21. The van der Waals surface area contributed by atoms with Gasteiger partial charge < -0.3 is 6.92 Å². The lowest BCUT2D eigenvalue weighted by atomic mass is 10.1. The standard InChI is InChI=1S/C14H29/c1-3-5-7-9-11-13-14-12-10-8-6-4-2/h1,3-14H2,2H3/q-1. The van der Waals surface area contributed by atoms with Crippen LogP contribution < -0.4 is 0 Å². The fourth-order valence-electron chi connectivity index (χ4n) is 1.84. The Balaban J connectivity index is 2.78. The lowest BCUT2D eigenvalue weighted by Gasteiger charge is -2.02. The van der Waals surface area contributed by atoms with Crippen LogP contribution in [0.4, 0.5) is 0 Å². The quantitative estimate of drug-likeness (QED) is 0.302. The van der Waals surface area contributed by atoms with Gasteiger partial charge in [-0.15, -0.1) is 0 Å². The van der Waals surface area contributed by atoms with E-state index in [0.717, 1.165) is 6.42 Å². The second-order valence-electron chi connectivity index (χ2n) is 4.39. The van der Waals surface area contributed by atoms with Crippen LogP contribution in [-0.4, -0.2) is 0 Å². The van der Waals surface area contributed by atoms with Crippen molar-refractivity contribution in [2.24, 2.45) is 0 Å². The molecule has 0 bridgehead atoms. The molecule has 0 rings (SSSR count). The fourth-order valence-corrected chi connectivity index (χ4v) is 1.84. The Morgan fingerprint density at radius 2 is 0.929 bits per heavy atom. The van der Waals surface area contributed by atoms with Crippen LogP contribution in [0.25, 0.3) is 0 Å². The molecular formula is C14H29-.